The molecule has 0 saturated carbocycles. The summed E-state index contributed by atoms with van der Waals surface area (Å²) in [5, 5.41) is 15.9. The molecule has 0 fully saturated rings. The van der Waals surface area contributed by atoms with E-state index in [0.717, 1.165) is 0 Å². The van der Waals surface area contributed by atoms with E-state index in [1.54, 1.807) is 0 Å². The van der Waals surface area contributed by atoms with Crippen molar-refractivity contribution in [2.75, 3.05) is 13.2 Å². The Labute approximate surface area is 85.8 Å². The molecule has 0 spiro atoms. The van der Waals surface area contributed by atoms with Crippen molar-refractivity contribution in [1.29, 1.82) is 0 Å². The zero-order valence-corrected chi connectivity index (χ0v) is 7.25. The molecular formula is C4H10CaO4. The molecule has 0 saturated heterocycles. The second-order valence-corrected chi connectivity index (χ2v) is 1.19. The third kappa shape index (κ3) is 11.9. The minimum atomic E-state index is -1.29. The molecule has 0 bridgehead atoms. The summed E-state index contributed by atoms with van der Waals surface area (Å²) in [5.74, 6) is 0. The Kier molecular flexibility index (Phi) is 11.5. The number of ether oxygens (including phenoxy) is 1. The number of carbonyl (C=O) groups is 1. The quantitative estimate of drug-likeness (QED) is 0.346. The van der Waals surface area contributed by atoms with E-state index in [1.165, 1.54) is 0 Å². The molecule has 0 atom stereocenters. The molecule has 0 aliphatic carbocycles. The fourth-order valence-corrected chi connectivity index (χ4v) is 0.224. The normalized spacial score (nSPS) is 7.67. The summed E-state index contributed by atoms with van der Waals surface area (Å²) in [6, 6.07) is 0. The molecular weight excluding hydrogens is 152 g/mol. The zero-order valence-electron chi connectivity index (χ0n) is 7.04. The van der Waals surface area contributed by atoms with Crippen LogP contribution < -0.4 is 0 Å². The van der Waals surface area contributed by atoms with Crippen molar-refractivity contribution in [2.45, 2.75) is 6.42 Å². The Balaban J connectivity index is -0.0000000817. The summed E-state index contributed by atoms with van der Waals surface area (Å²) in [6.07, 6.45) is -0.926. The smallest absolute Gasteiger partial charge is 1.00 e. The topological polar surface area (TPSA) is 66.8 Å². The molecule has 4 nitrogen and oxygen atoms in total. The zero-order chi connectivity index (χ0) is 6.41. The third-order valence-corrected chi connectivity index (χ3v) is 0.528. The van der Waals surface area contributed by atoms with Crippen LogP contribution in [0.15, 0.2) is 0 Å². The van der Waals surface area contributed by atoms with Crippen LogP contribution in [0.4, 0.5) is 4.79 Å². The third-order valence-electron chi connectivity index (χ3n) is 0.528. The van der Waals surface area contributed by atoms with E-state index in [4.69, 9.17) is 10.2 Å². The summed E-state index contributed by atoms with van der Waals surface area (Å²) in [5.41, 5.74) is 0. The molecule has 0 rings (SSSR count). The molecule has 52 valence electrons. The molecule has 0 aromatic carbocycles. The first-order valence-electron chi connectivity index (χ1n) is 2.24. The van der Waals surface area contributed by atoms with Gasteiger partial charge in [-0.1, -0.05) is 0 Å². The van der Waals surface area contributed by atoms with Crippen LogP contribution in [-0.4, -0.2) is 67.3 Å². The fraction of sp³-hybridized carbons (Fsp3) is 0.750. The minimum Gasteiger partial charge on any atom is -1.00 e. The van der Waals surface area contributed by atoms with Crippen molar-refractivity contribution in [2.24, 2.45) is 0 Å². The van der Waals surface area contributed by atoms with E-state index in [1.807, 2.05) is 0 Å². The summed E-state index contributed by atoms with van der Waals surface area (Å²) in [6.45, 7) is 0.0408. The summed E-state index contributed by atoms with van der Waals surface area (Å²) in [4.78, 5) is 9.57. The maximum Gasteiger partial charge on any atom is 2.00 e. The van der Waals surface area contributed by atoms with Crippen molar-refractivity contribution < 1.29 is 22.6 Å². The second-order valence-electron chi connectivity index (χ2n) is 1.19. The van der Waals surface area contributed by atoms with Crippen LogP contribution >= 0.6 is 0 Å². The maximum atomic E-state index is 9.57. The standard InChI is InChI=1S/C4H8O4.Ca.2H/c5-2-1-3-8-4(6)7;;;/h5H,1-3H2,(H,6,7);;;/q;+2;2*-1. The van der Waals surface area contributed by atoms with Gasteiger partial charge in [-0.25, -0.2) is 4.79 Å². The van der Waals surface area contributed by atoms with Gasteiger partial charge < -0.3 is 17.8 Å². The number of aliphatic hydroxyl groups is 1. The van der Waals surface area contributed by atoms with E-state index < -0.39 is 6.16 Å². The van der Waals surface area contributed by atoms with Crippen LogP contribution in [0.3, 0.4) is 0 Å². The Bertz CT molecular complexity index is 82.5. The van der Waals surface area contributed by atoms with E-state index >= 15 is 0 Å². The fourth-order valence-electron chi connectivity index (χ4n) is 0.224. The average molecular weight is 162 g/mol. The van der Waals surface area contributed by atoms with Crippen molar-refractivity contribution in [1.82, 2.24) is 0 Å². The molecule has 0 unspecified atom stereocenters. The second kappa shape index (κ2) is 8.49. The largest absolute Gasteiger partial charge is 2.00 e. The number of rotatable bonds is 3. The van der Waals surface area contributed by atoms with Crippen LogP contribution in [0.25, 0.3) is 0 Å². The van der Waals surface area contributed by atoms with Gasteiger partial charge in [-0.3, -0.25) is 0 Å². The van der Waals surface area contributed by atoms with Gasteiger partial charge in [0.25, 0.3) is 0 Å². The average Bonchev–Trinajstić information content (AvgIpc) is 1.66. The first-order chi connectivity index (χ1) is 3.77. The van der Waals surface area contributed by atoms with Crippen LogP contribution in [0.1, 0.15) is 9.27 Å². The van der Waals surface area contributed by atoms with Gasteiger partial charge in [0.1, 0.15) is 0 Å². The SMILES string of the molecule is O=C(O)OCCCO.[Ca+2].[H-].[H-]. The van der Waals surface area contributed by atoms with Gasteiger partial charge in [0.2, 0.25) is 0 Å². The van der Waals surface area contributed by atoms with Crippen molar-refractivity contribution >= 4 is 43.9 Å². The molecule has 0 radical (unpaired) electrons. The minimum absolute atomic E-state index is 0. The van der Waals surface area contributed by atoms with E-state index in [0.29, 0.717) is 6.42 Å². The van der Waals surface area contributed by atoms with Crippen molar-refractivity contribution in [3.8, 4) is 0 Å². The van der Waals surface area contributed by atoms with Crippen LogP contribution in [0, 0.1) is 0 Å². The van der Waals surface area contributed by atoms with E-state index in [9.17, 15) is 4.79 Å². The summed E-state index contributed by atoms with van der Waals surface area (Å²) >= 11 is 0. The number of hydrogen-bond acceptors (Lipinski definition) is 3. The van der Waals surface area contributed by atoms with Gasteiger partial charge >= 0.3 is 43.9 Å². The Morgan fingerprint density at radius 2 is 2.22 bits per heavy atom. The molecule has 0 heterocycles. The monoisotopic (exact) mass is 162 g/mol. The molecule has 0 aliphatic heterocycles. The van der Waals surface area contributed by atoms with Crippen LogP contribution in [0.5, 0.6) is 0 Å². The van der Waals surface area contributed by atoms with Gasteiger partial charge in [-0.2, -0.15) is 0 Å². The Hall–Kier alpha value is 0.490. The van der Waals surface area contributed by atoms with Gasteiger partial charge in [-0.05, 0) is 0 Å². The van der Waals surface area contributed by atoms with Crippen molar-refractivity contribution in [3.63, 3.8) is 0 Å². The van der Waals surface area contributed by atoms with Crippen LogP contribution in [0.2, 0.25) is 0 Å². The summed E-state index contributed by atoms with van der Waals surface area (Å²) in [7, 11) is 0. The van der Waals surface area contributed by atoms with Gasteiger partial charge in [0.05, 0.1) is 6.61 Å². The number of aliphatic hydroxyl groups excluding tert-OH is 1. The molecule has 2 N–H and O–H groups in total. The van der Waals surface area contributed by atoms with Crippen LogP contribution in [-0.2, 0) is 4.74 Å². The van der Waals surface area contributed by atoms with E-state index in [-0.39, 0.29) is 53.8 Å². The first-order valence-corrected chi connectivity index (χ1v) is 2.24. The molecule has 0 aromatic rings. The summed E-state index contributed by atoms with van der Waals surface area (Å²) < 4.78 is 4.04. The van der Waals surface area contributed by atoms with Gasteiger partial charge in [0.15, 0.2) is 0 Å². The molecule has 9 heavy (non-hydrogen) atoms. The Morgan fingerprint density at radius 1 is 1.67 bits per heavy atom. The molecule has 5 heteroatoms. The molecule has 0 aliphatic rings. The predicted molar refractivity (Wildman–Crippen MR) is 33.7 cm³/mol. The molecule has 0 aromatic heterocycles. The van der Waals surface area contributed by atoms with Crippen molar-refractivity contribution in [3.05, 3.63) is 0 Å². The van der Waals surface area contributed by atoms with Gasteiger partial charge in [0, 0.05) is 13.0 Å². The Morgan fingerprint density at radius 3 is 2.56 bits per heavy atom. The first kappa shape index (κ1) is 12.2. The molecule has 0 amide bonds. The van der Waals surface area contributed by atoms with Gasteiger partial charge in [-0.15, -0.1) is 0 Å². The predicted octanol–water partition coefficient (Wildman–Crippen LogP) is -0.0924. The number of hydrogen-bond donors (Lipinski definition) is 2. The van der Waals surface area contributed by atoms with E-state index in [2.05, 4.69) is 4.74 Å². The number of carboxylic acid groups (broad SMARTS) is 1. The maximum absolute atomic E-state index is 9.57.